The van der Waals surface area contributed by atoms with E-state index in [2.05, 4.69) is 11.4 Å². The predicted molar refractivity (Wildman–Crippen MR) is 68.4 cm³/mol. The molecule has 1 radical (unpaired) electrons. The number of ketones is 1. The Kier molecular flexibility index (Phi) is 3.86. The van der Waals surface area contributed by atoms with Crippen molar-refractivity contribution in [3.63, 3.8) is 0 Å². The Labute approximate surface area is 105 Å². The van der Waals surface area contributed by atoms with E-state index in [-0.39, 0.29) is 18.2 Å². The van der Waals surface area contributed by atoms with E-state index in [1.165, 1.54) is 0 Å². The molecule has 0 fully saturated rings. The van der Waals surface area contributed by atoms with Crippen LogP contribution in [0.3, 0.4) is 0 Å². The van der Waals surface area contributed by atoms with E-state index >= 15 is 0 Å². The molecule has 18 heavy (non-hydrogen) atoms. The Bertz CT molecular complexity index is 483. The van der Waals surface area contributed by atoms with E-state index in [1.807, 2.05) is 6.07 Å². The normalized spacial score (nSPS) is 9.78. The summed E-state index contributed by atoms with van der Waals surface area (Å²) in [5, 5.41) is 2.60. The first-order chi connectivity index (χ1) is 8.77. The predicted octanol–water partition coefficient (Wildman–Crippen LogP) is 2.10. The van der Waals surface area contributed by atoms with Crippen LogP contribution in [0.2, 0.25) is 0 Å². The lowest BCUT2D eigenvalue weighted by Crippen LogP contribution is -2.29. The van der Waals surface area contributed by atoms with E-state index in [1.54, 1.807) is 48.5 Å². The molecule has 0 heterocycles. The maximum atomic E-state index is 11.8. The lowest BCUT2D eigenvalue weighted by Gasteiger charge is -2.04. The van der Waals surface area contributed by atoms with Crippen LogP contribution in [0.4, 0.5) is 0 Å². The van der Waals surface area contributed by atoms with E-state index in [0.29, 0.717) is 11.1 Å². The second-order valence-corrected chi connectivity index (χ2v) is 3.76. The average Bonchev–Trinajstić information content (AvgIpc) is 2.46. The highest BCUT2D eigenvalue weighted by Crippen LogP contribution is 2.00. The molecular weight excluding hydrogens is 226 g/mol. The fourth-order valence-corrected chi connectivity index (χ4v) is 1.53. The van der Waals surface area contributed by atoms with Gasteiger partial charge in [0.2, 0.25) is 0 Å². The third kappa shape index (κ3) is 3.04. The van der Waals surface area contributed by atoms with Gasteiger partial charge in [0.25, 0.3) is 5.91 Å². The molecule has 0 saturated carbocycles. The van der Waals surface area contributed by atoms with Crippen LogP contribution in [0, 0.1) is 6.07 Å². The topological polar surface area (TPSA) is 46.2 Å². The summed E-state index contributed by atoms with van der Waals surface area (Å²) in [5.74, 6) is -0.361. The summed E-state index contributed by atoms with van der Waals surface area (Å²) >= 11 is 0. The van der Waals surface area contributed by atoms with Gasteiger partial charge in [-0.2, -0.15) is 0 Å². The number of hydrogen-bond acceptors (Lipinski definition) is 2. The van der Waals surface area contributed by atoms with Crippen LogP contribution < -0.4 is 5.32 Å². The zero-order chi connectivity index (χ0) is 12.8. The molecule has 0 aliphatic carbocycles. The van der Waals surface area contributed by atoms with Crippen molar-refractivity contribution >= 4 is 11.7 Å². The molecular formula is C15H12NO2. The van der Waals surface area contributed by atoms with Gasteiger partial charge >= 0.3 is 0 Å². The fraction of sp³-hybridized carbons (Fsp3) is 0.0667. The Morgan fingerprint density at radius 2 is 1.61 bits per heavy atom. The summed E-state index contributed by atoms with van der Waals surface area (Å²) < 4.78 is 0. The first-order valence-electron chi connectivity index (χ1n) is 5.60. The SMILES string of the molecule is O=C(CNC(=O)c1ccccc1)c1cc[c]cc1. The van der Waals surface area contributed by atoms with Crippen LogP contribution in [0.1, 0.15) is 20.7 Å². The van der Waals surface area contributed by atoms with E-state index < -0.39 is 0 Å². The van der Waals surface area contributed by atoms with Crippen molar-refractivity contribution in [3.05, 3.63) is 71.8 Å². The summed E-state index contributed by atoms with van der Waals surface area (Å²) in [6.07, 6.45) is 0. The number of hydrogen-bond donors (Lipinski definition) is 1. The molecule has 3 nitrogen and oxygen atoms in total. The second kappa shape index (κ2) is 5.77. The highest BCUT2D eigenvalue weighted by atomic mass is 16.2. The van der Waals surface area contributed by atoms with Crippen molar-refractivity contribution in [2.75, 3.05) is 6.54 Å². The van der Waals surface area contributed by atoms with Crippen LogP contribution in [-0.4, -0.2) is 18.2 Å². The minimum absolute atomic E-state index is 0.00224. The smallest absolute Gasteiger partial charge is 0.251 e. The first kappa shape index (κ1) is 12.0. The third-order valence-corrected chi connectivity index (χ3v) is 2.49. The molecule has 0 bridgehead atoms. The summed E-state index contributed by atoms with van der Waals surface area (Å²) in [4.78, 5) is 23.5. The monoisotopic (exact) mass is 238 g/mol. The second-order valence-electron chi connectivity index (χ2n) is 3.76. The Morgan fingerprint density at radius 3 is 2.28 bits per heavy atom. The van der Waals surface area contributed by atoms with Gasteiger partial charge in [-0.3, -0.25) is 9.59 Å². The minimum atomic E-state index is -0.244. The lowest BCUT2D eigenvalue weighted by atomic mass is 10.1. The van der Waals surface area contributed by atoms with Gasteiger partial charge in [-0.25, -0.2) is 0 Å². The van der Waals surface area contributed by atoms with Crippen LogP contribution in [0.5, 0.6) is 0 Å². The standard InChI is InChI=1S/C15H12NO2/c17-14(12-7-3-1-4-8-12)11-16-15(18)13-9-5-2-6-10-13/h2-10H,11H2,(H,16,18). The van der Waals surface area contributed by atoms with Crippen molar-refractivity contribution < 1.29 is 9.59 Å². The molecule has 0 aliphatic heterocycles. The van der Waals surface area contributed by atoms with Gasteiger partial charge in [0.1, 0.15) is 0 Å². The van der Waals surface area contributed by atoms with Crippen LogP contribution in [0.15, 0.2) is 54.6 Å². The molecule has 89 valence electrons. The number of nitrogens with one attached hydrogen (secondary N) is 1. The molecule has 0 unspecified atom stereocenters. The van der Waals surface area contributed by atoms with E-state index in [0.717, 1.165) is 0 Å². The molecule has 3 heteroatoms. The maximum absolute atomic E-state index is 11.8. The van der Waals surface area contributed by atoms with Crippen LogP contribution in [0.25, 0.3) is 0 Å². The Hall–Kier alpha value is -2.42. The summed E-state index contributed by atoms with van der Waals surface area (Å²) in [6, 6.07) is 18.3. The summed E-state index contributed by atoms with van der Waals surface area (Å²) in [7, 11) is 0. The molecule has 1 N–H and O–H groups in total. The number of rotatable bonds is 4. The molecule has 2 aromatic rings. The Morgan fingerprint density at radius 1 is 0.944 bits per heavy atom. The quantitative estimate of drug-likeness (QED) is 0.829. The summed E-state index contributed by atoms with van der Waals surface area (Å²) in [5.41, 5.74) is 1.12. The lowest BCUT2D eigenvalue weighted by molar-refractivity contribution is 0.0904. The molecule has 2 rings (SSSR count). The Balaban J connectivity index is 1.93. The van der Waals surface area contributed by atoms with Crippen molar-refractivity contribution in [3.8, 4) is 0 Å². The zero-order valence-corrected chi connectivity index (χ0v) is 9.72. The van der Waals surface area contributed by atoms with Gasteiger partial charge < -0.3 is 5.32 Å². The van der Waals surface area contributed by atoms with Gasteiger partial charge in [-0.15, -0.1) is 0 Å². The van der Waals surface area contributed by atoms with Crippen molar-refractivity contribution in [2.45, 2.75) is 0 Å². The number of benzene rings is 2. The maximum Gasteiger partial charge on any atom is 0.251 e. The van der Waals surface area contributed by atoms with Gasteiger partial charge in [0.05, 0.1) is 6.54 Å². The molecule has 1 amide bonds. The average molecular weight is 238 g/mol. The highest BCUT2D eigenvalue weighted by Gasteiger charge is 2.08. The molecule has 2 aromatic carbocycles. The largest absolute Gasteiger partial charge is 0.345 e. The van der Waals surface area contributed by atoms with E-state index in [9.17, 15) is 9.59 Å². The fourth-order valence-electron chi connectivity index (χ4n) is 1.53. The molecule has 0 saturated heterocycles. The van der Waals surface area contributed by atoms with E-state index in [4.69, 9.17) is 0 Å². The number of carbonyl (C=O) groups is 2. The number of carbonyl (C=O) groups excluding carboxylic acids is 2. The van der Waals surface area contributed by atoms with Crippen LogP contribution >= 0.6 is 0 Å². The molecule has 0 aliphatic rings. The van der Waals surface area contributed by atoms with Gasteiger partial charge in [-0.1, -0.05) is 42.5 Å². The van der Waals surface area contributed by atoms with Crippen molar-refractivity contribution in [2.24, 2.45) is 0 Å². The van der Waals surface area contributed by atoms with Crippen LogP contribution in [-0.2, 0) is 0 Å². The molecule has 0 atom stereocenters. The summed E-state index contributed by atoms with van der Waals surface area (Å²) in [6.45, 7) is -0.00224. The molecule has 0 spiro atoms. The van der Waals surface area contributed by atoms with Gasteiger partial charge in [-0.05, 0) is 18.2 Å². The van der Waals surface area contributed by atoms with Crippen molar-refractivity contribution in [1.29, 1.82) is 0 Å². The third-order valence-electron chi connectivity index (χ3n) is 2.49. The minimum Gasteiger partial charge on any atom is -0.345 e. The van der Waals surface area contributed by atoms with Gasteiger partial charge in [0, 0.05) is 11.1 Å². The highest BCUT2D eigenvalue weighted by molar-refractivity contribution is 6.02. The van der Waals surface area contributed by atoms with Crippen molar-refractivity contribution in [1.82, 2.24) is 5.32 Å². The number of Topliss-reactive ketones (excluding diaryl/α,β-unsaturated/α-hetero) is 1. The number of amides is 1. The zero-order valence-electron chi connectivity index (χ0n) is 9.72. The molecule has 0 aromatic heterocycles. The van der Waals surface area contributed by atoms with Gasteiger partial charge in [0.15, 0.2) is 5.78 Å². The first-order valence-corrected chi connectivity index (χ1v) is 5.60.